The Morgan fingerprint density at radius 3 is 3.00 bits per heavy atom. The van der Waals surface area contributed by atoms with Crippen LogP contribution in [0.1, 0.15) is 18.4 Å². The Bertz CT molecular complexity index is 205. The van der Waals surface area contributed by atoms with Crippen molar-refractivity contribution in [3.63, 3.8) is 0 Å². The maximum Gasteiger partial charge on any atom is 0.106 e. The van der Waals surface area contributed by atoms with Gasteiger partial charge in [0, 0.05) is 11.8 Å². The lowest BCUT2D eigenvalue weighted by atomic mass is 10.5. The molecule has 0 amide bonds. The number of nitrogens with one attached hydrogen (secondary N) is 1. The minimum absolute atomic E-state index is 0.918. The van der Waals surface area contributed by atoms with E-state index in [0.717, 1.165) is 17.9 Å². The van der Waals surface area contributed by atoms with Crippen molar-refractivity contribution in [3.8, 4) is 0 Å². The molecule has 0 atom stereocenters. The van der Waals surface area contributed by atoms with Crippen LogP contribution >= 0.6 is 12.2 Å². The van der Waals surface area contributed by atoms with E-state index in [1.807, 2.05) is 6.92 Å². The van der Waals surface area contributed by atoms with E-state index in [1.165, 1.54) is 0 Å². The Morgan fingerprint density at radius 1 is 1.89 bits per heavy atom. The minimum atomic E-state index is 0.918. The summed E-state index contributed by atoms with van der Waals surface area (Å²) < 4.78 is 0. The average molecular weight is 140 g/mol. The van der Waals surface area contributed by atoms with Crippen LogP contribution in [0.4, 0.5) is 0 Å². The van der Waals surface area contributed by atoms with Crippen LogP contribution in [0.3, 0.4) is 0 Å². The molecule has 0 saturated heterocycles. The molecule has 0 spiro atoms. The van der Waals surface area contributed by atoms with Crippen molar-refractivity contribution in [2.45, 2.75) is 13.3 Å². The molecule has 0 aliphatic carbocycles. The summed E-state index contributed by atoms with van der Waals surface area (Å²) in [5.74, 6) is 0.992. The molecule has 0 aromatic carbocycles. The molecule has 0 fully saturated rings. The molecule has 1 aromatic heterocycles. The molecule has 1 heterocycles. The molecule has 1 N–H and O–H groups in total. The van der Waals surface area contributed by atoms with Crippen LogP contribution in [-0.4, -0.2) is 15.3 Å². The summed E-state index contributed by atoms with van der Waals surface area (Å²) in [6.45, 7) is 2.05. The predicted molar refractivity (Wildman–Crippen MR) is 40.7 cm³/mol. The highest BCUT2D eigenvalue weighted by atomic mass is 32.1. The Kier molecular flexibility index (Phi) is 1.95. The number of rotatable bonds is 2. The van der Waals surface area contributed by atoms with Gasteiger partial charge in [0.2, 0.25) is 0 Å². The van der Waals surface area contributed by atoms with E-state index in [9.17, 15) is 0 Å². The molecule has 0 radical (unpaired) electrons. The number of aromatic amines is 1. The number of thiocarbonyl (C=S) groups is 1. The number of aryl methyl sites for hydroxylation is 1. The monoisotopic (exact) mass is 140 g/mol. The number of hydrogen-bond donors (Lipinski definition) is 1. The van der Waals surface area contributed by atoms with Crippen molar-refractivity contribution in [2.24, 2.45) is 0 Å². The Balaban J connectivity index is 2.86. The van der Waals surface area contributed by atoms with E-state index >= 15 is 0 Å². The highest BCUT2D eigenvalue weighted by molar-refractivity contribution is 7.79. The number of nitrogens with zero attached hydrogens (tertiary/aromatic N) is 1. The second kappa shape index (κ2) is 2.73. The van der Waals surface area contributed by atoms with Crippen molar-refractivity contribution >= 4 is 17.6 Å². The lowest BCUT2D eigenvalue weighted by Crippen LogP contribution is -1.82. The second-order valence-electron chi connectivity index (χ2n) is 1.76. The first-order valence-corrected chi connectivity index (χ1v) is 3.33. The maximum atomic E-state index is 4.68. The van der Waals surface area contributed by atoms with Crippen molar-refractivity contribution in [1.29, 1.82) is 0 Å². The SMILES string of the molecule is CCc1ncc(C=S)[nH]1. The van der Waals surface area contributed by atoms with Crippen LogP contribution in [0.25, 0.3) is 0 Å². The molecule has 1 aromatic rings. The summed E-state index contributed by atoms with van der Waals surface area (Å²) in [6.07, 6.45) is 2.68. The van der Waals surface area contributed by atoms with E-state index < -0.39 is 0 Å². The zero-order valence-electron chi connectivity index (χ0n) is 5.22. The number of aromatic nitrogens is 2. The molecule has 1 rings (SSSR count). The van der Waals surface area contributed by atoms with Crippen LogP contribution in [0, 0.1) is 0 Å². The quantitative estimate of drug-likeness (QED) is 0.628. The molecule has 0 aliphatic heterocycles. The van der Waals surface area contributed by atoms with Gasteiger partial charge in [0.25, 0.3) is 0 Å². The average Bonchev–Trinajstić information content (AvgIpc) is 2.34. The van der Waals surface area contributed by atoms with Crippen LogP contribution in [0.5, 0.6) is 0 Å². The first kappa shape index (κ1) is 6.42. The first-order valence-electron chi connectivity index (χ1n) is 2.86. The fourth-order valence-corrected chi connectivity index (χ4v) is 0.738. The molecule has 2 nitrogen and oxygen atoms in total. The Hall–Kier alpha value is -0.700. The molecular formula is C6H8N2S. The van der Waals surface area contributed by atoms with Crippen molar-refractivity contribution in [2.75, 3.05) is 0 Å². The summed E-state index contributed by atoms with van der Waals surface area (Å²) in [6, 6.07) is 0. The first-order chi connectivity index (χ1) is 4.36. The smallest absolute Gasteiger partial charge is 0.106 e. The number of H-pyrrole nitrogens is 1. The van der Waals surface area contributed by atoms with Crippen LogP contribution in [-0.2, 0) is 6.42 Å². The minimum Gasteiger partial charge on any atom is -0.342 e. The fraction of sp³-hybridized carbons (Fsp3) is 0.333. The van der Waals surface area contributed by atoms with Crippen molar-refractivity contribution in [3.05, 3.63) is 17.7 Å². The predicted octanol–water partition coefficient (Wildman–Crippen LogP) is 1.32. The van der Waals surface area contributed by atoms with Crippen molar-refractivity contribution < 1.29 is 0 Å². The van der Waals surface area contributed by atoms with Crippen molar-refractivity contribution in [1.82, 2.24) is 9.97 Å². The summed E-state index contributed by atoms with van der Waals surface area (Å²) in [4.78, 5) is 7.09. The molecule has 3 heteroatoms. The highest BCUT2D eigenvalue weighted by Crippen LogP contribution is 1.93. The molecule has 0 aliphatic rings. The van der Waals surface area contributed by atoms with Gasteiger partial charge in [-0.15, -0.1) is 0 Å². The fourth-order valence-electron chi connectivity index (χ4n) is 0.618. The van der Waals surface area contributed by atoms with Gasteiger partial charge < -0.3 is 4.98 Å². The Morgan fingerprint density at radius 2 is 2.67 bits per heavy atom. The zero-order chi connectivity index (χ0) is 6.69. The van der Waals surface area contributed by atoms with E-state index in [1.54, 1.807) is 11.6 Å². The molecular weight excluding hydrogens is 132 g/mol. The molecule has 9 heavy (non-hydrogen) atoms. The van der Waals surface area contributed by atoms with Crippen LogP contribution < -0.4 is 0 Å². The van der Waals surface area contributed by atoms with Gasteiger partial charge in [-0.1, -0.05) is 19.1 Å². The third kappa shape index (κ3) is 1.36. The van der Waals surface area contributed by atoms with E-state index in [0.29, 0.717) is 0 Å². The Labute approximate surface area is 59.3 Å². The summed E-state index contributed by atoms with van der Waals surface area (Å²) in [5, 5.41) is 1.59. The van der Waals surface area contributed by atoms with E-state index in [4.69, 9.17) is 0 Å². The largest absolute Gasteiger partial charge is 0.342 e. The summed E-state index contributed by atoms with van der Waals surface area (Å²) in [7, 11) is 0. The van der Waals surface area contributed by atoms with Gasteiger partial charge in [-0.05, 0) is 0 Å². The third-order valence-electron chi connectivity index (χ3n) is 1.11. The topological polar surface area (TPSA) is 28.7 Å². The van der Waals surface area contributed by atoms with Gasteiger partial charge in [0.15, 0.2) is 0 Å². The summed E-state index contributed by atoms with van der Waals surface area (Å²) >= 11 is 4.68. The molecule has 0 saturated carbocycles. The lowest BCUT2D eigenvalue weighted by Gasteiger charge is -1.82. The van der Waals surface area contributed by atoms with Crippen LogP contribution in [0.15, 0.2) is 6.20 Å². The number of imidazole rings is 1. The second-order valence-corrected chi connectivity index (χ2v) is 1.99. The third-order valence-corrected chi connectivity index (χ3v) is 1.36. The normalized spacial score (nSPS) is 9.44. The van der Waals surface area contributed by atoms with Crippen LogP contribution in [0.2, 0.25) is 0 Å². The van der Waals surface area contributed by atoms with Gasteiger partial charge in [0.1, 0.15) is 5.82 Å². The maximum absolute atomic E-state index is 4.68. The lowest BCUT2D eigenvalue weighted by molar-refractivity contribution is 0.989. The van der Waals surface area contributed by atoms with Gasteiger partial charge in [-0.2, -0.15) is 0 Å². The highest BCUT2D eigenvalue weighted by Gasteiger charge is 1.91. The van der Waals surface area contributed by atoms with Gasteiger partial charge in [-0.25, -0.2) is 4.98 Å². The number of hydrogen-bond acceptors (Lipinski definition) is 2. The van der Waals surface area contributed by atoms with Gasteiger partial charge >= 0.3 is 0 Å². The van der Waals surface area contributed by atoms with Gasteiger partial charge in [0.05, 0.1) is 11.9 Å². The zero-order valence-corrected chi connectivity index (χ0v) is 6.03. The van der Waals surface area contributed by atoms with Gasteiger partial charge in [-0.3, -0.25) is 0 Å². The standard InChI is InChI=1S/C6H8N2S/c1-2-6-7-3-5(4-9)8-6/h3-4H,2H2,1H3,(H,7,8). The van der Waals surface area contributed by atoms with E-state index in [-0.39, 0.29) is 0 Å². The van der Waals surface area contributed by atoms with E-state index in [2.05, 4.69) is 22.2 Å². The summed E-state index contributed by atoms with van der Waals surface area (Å²) in [5.41, 5.74) is 0.918. The molecule has 48 valence electrons. The molecule has 0 unspecified atom stereocenters. The molecule has 0 bridgehead atoms.